The van der Waals surface area contributed by atoms with Crippen LogP contribution in [-0.2, 0) is 6.42 Å². The second-order valence-electron chi connectivity index (χ2n) is 3.99. The highest BCUT2D eigenvalue weighted by Gasteiger charge is 2.22. The number of nitrogens with zero attached hydrogens (tertiary/aromatic N) is 2. The third-order valence-electron chi connectivity index (χ3n) is 2.81. The van der Waals surface area contributed by atoms with E-state index in [0.717, 1.165) is 37.6 Å². The molecule has 0 bridgehead atoms. The molecule has 3 rings (SSSR count). The molecule has 0 spiro atoms. The van der Waals surface area contributed by atoms with Crippen molar-refractivity contribution < 1.29 is 4.52 Å². The molecule has 92 valence electrons. The fourth-order valence-electron chi connectivity index (χ4n) is 1.94. The summed E-state index contributed by atoms with van der Waals surface area (Å²) in [4.78, 5) is 5.73. The first-order valence-corrected chi connectivity index (χ1v) is 6.35. The fraction of sp³-hybridized carbons (Fsp3) is 0.455. The van der Waals surface area contributed by atoms with Crippen molar-refractivity contribution in [2.24, 2.45) is 0 Å². The molecular weight excluding hydrogens is 258 g/mol. The molecule has 0 aliphatic carbocycles. The summed E-state index contributed by atoms with van der Waals surface area (Å²) in [6.45, 7) is 2.01. The van der Waals surface area contributed by atoms with Crippen LogP contribution in [0.4, 0.5) is 0 Å². The monoisotopic (exact) mass is 271 g/mol. The SMILES string of the molecule is Cl.c1csc(Cc2noc([C@H]3CCNC3)n2)c1. The van der Waals surface area contributed by atoms with Crippen LogP contribution in [0.5, 0.6) is 0 Å². The van der Waals surface area contributed by atoms with Gasteiger partial charge in [-0.1, -0.05) is 11.2 Å². The van der Waals surface area contributed by atoms with E-state index in [1.807, 2.05) is 6.07 Å². The summed E-state index contributed by atoms with van der Waals surface area (Å²) in [5, 5.41) is 9.40. The highest BCUT2D eigenvalue weighted by molar-refractivity contribution is 7.09. The molecular formula is C11H14ClN3OS. The maximum Gasteiger partial charge on any atom is 0.231 e. The average Bonchev–Trinajstić information content (AvgIpc) is 2.99. The number of rotatable bonds is 3. The zero-order valence-electron chi connectivity index (χ0n) is 9.26. The number of hydrogen-bond donors (Lipinski definition) is 1. The molecule has 0 aromatic carbocycles. The summed E-state index contributed by atoms with van der Waals surface area (Å²) in [7, 11) is 0. The van der Waals surface area contributed by atoms with E-state index in [2.05, 4.69) is 26.9 Å². The molecule has 17 heavy (non-hydrogen) atoms. The van der Waals surface area contributed by atoms with Crippen LogP contribution in [0.3, 0.4) is 0 Å². The third-order valence-corrected chi connectivity index (χ3v) is 3.68. The van der Waals surface area contributed by atoms with Gasteiger partial charge in [0, 0.05) is 17.8 Å². The van der Waals surface area contributed by atoms with Gasteiger partial charge in [0.05, 0.1) is 5.92 Å². The Morgan fingerprint density at radius 1 is 1.53 bits per heavy atom. The summed E-state index contributed by atoms with van der Waals surface area (Å²) in [5.41, 5.74) is 0. The van der Waals surface area contributed by atoms with Crippen LogP contribution in [0.1, 0.15) is 28.9 Å². The molecule has 6 heteroatoms. The Balaban J connectivity index is 0.00000108. The predicted octanol–water partition coefficient (Wildman–Crippen LogP) is 2.22. The van der Waals surface area contributed by atoms with Gasteiger partial charge in [-0.25, -0.2) is 0 Å². The van der Waals surface area contributed by atoms with Crippen LogP contribution in [0.25, 0.3) is 0 Å². The van der Waals surface area contributed by atoms with Gasteiger partial charge in [0.2, 0.25) is 5.89 Å². The lowest BCUT2D eigenvalue weighted by Gasteiger charge is -1.98. The standard InChI is InChI=1S/C11H13N3OS.ClH/c1-2-9(16-5-1)6-10-13-11(15-14-10)8-3-4-12-7-8;/h1-2,5,8,12H,3-4,6-7H2;1H/t8-;/m0./s1. The molecule has 1 N–H and O–H groups in total. The van der Waals surface area contributed by atoms with Gasteiger partial charge < -0.3 is 9.84 Å². The zero-order chi connectivity index (χ0) is 10.8. The maximum absolute atomic E-state index is 5.30. The average molecular weight is 272 g/mol. The molecule has 2 aromatic heterocycles. The van der Waals surface area contributed by atoms with Gasteiger partial charge >= 0.3 is 0 Å². The second kappa shape index (κ2) is 5.62. The van der Waals surface area contributed by atoms with Gasteiger partial charge in [0.1, 0.15) is 0 Å². The van der Waals surface area contributed by atoms with E-state index >= 15 is 0 Å². The summed E-state index contributed by atoms with van der Waals surface area (Å²) in [5.74, 6) is 1.99. The van der Waals surface area contributed by atoms with Gasteiger partial charge in [-0.2, -0.15) is 4.98 Å². The van der Waals surface area contributed by atoms with Crippen molar-refractivity contribution in [1.82, 2.24) is 15.5 Å². The Bertz CT molecular complexity index is 451. The largest absolute Gasteiger partial charge is 0.339 e. The topological polar surface area (TPSA) is 51.0 Å². The molecule has 2 aromatic rings. The lowest BCUT2D eigenvalue weighted by molar-refractivity contribution is 0.355. The molecule has 0 radical (unpaired) electrons. The van der Waals surface area contributed by atoms with Gasteiger partial charge in [0.15, 0.2) is 5.82 Å². The second-order valence-corrected chi connectivity index (χ2v) is 5.03. The molecule has 1 fully saturated rings. The first-order valence-electron chi connectivity index (χ1n) is 5.47. The molecule has 1 atom stereocenters. The summed E-state index contributed by atoms with van der Waals surface area (Å²) < 4.78 is 5.30. The summed E-state index contributed by atoms with van der Waals surface area (Å²) in [6.07, 6.45) is 1.88. The number of aromatic nitrogens is 2. The highest BCUT2D eigenvalue weighted by Crippen LogP contribution is 2.21. The molecule has 1 aliphatic heterocycles. The molecule has 0 unspecified atom stereocenters. The minimum atomic E-state index is 0. The van der Waals surface area contributed by atoms with Gasteiger partial charge in [-0.05, 0) is 24.4 Å². The number of thiophene rings is 1. The van der Waals surface area contributed by atoms with Crippen molar-refractivity contribution in [2.45, 2.75) is 18.8 Å². The van der Waals surface area contributed by atoms with Gasteiger partial charge in [-0.3, -0.25) is 0 Å². The third kappa shape index (κ3) is 2.86. The zero-order valence-corrected chi connectivity index (χ0v) is 10.9. The maximum atomic E-state index is 5.30. The van der Waals surface area contributed by atoms with Gasteiger partial charge in [-0.15, -0.1) is 23.7 Å². The Morgan fingerprint density at radius 2 is 2.47 bits per heavy atom. The van der Waals surface area contributed by atoms with Crippen molar-refractivity contribution in [3.8, 4) is 0 Å². The number of nitrogens with one attached hydrogen (secondary N) is 1. The van der Waals surface area contributed by atoms with Crippen molar-refractivity contribution in [3.63, 3.8) is 0 Å². The van der Waals surface area contributed by atoms with Crippen molar-refractivity contribution in [2.75, 3.05) is 13.1 Å². The van der Waals surface area contributed by atoms with Crippen LogP contribution in [0, 0.1) is 0 Å². The summed E-state index contributed by atoms with van der Waals surface area (Å²) >= 11 is 1.73. The number of halogens is 1. The smallest absolute Gasteiger partial charge is 0.231 e. The minimum absolute atomic E-state index is 0. The van der Waals surface area contributed by atoms with Crippen LogP contribution < -0.4 is 5.32 Å². The first-order chi connectivity index (χ1) is 7.92. The van der Waals surface area contributed by atoms with Crippen LogP contribution in [-0.4, -0.2) is 23.2 Å². The minimum Gasteiger partial charge on any atom is -0.339 e. The highest BCUT2D eigenvalue weighted by atomic mass is 35.5. The quantitative estimate of drug-likeness (QED) is 0.930. The number of hydrogen-bond acceptors (Lipinski definition) is 5. The van der Waals surface area contributed by atoms with Crippen molar-refractivity contribution in [3.05, 3.63) is 34.1 Å². The molecule has 1 saturated heterocycles. The van der Waals surface area contributed by atoms with Crippen LogP contribution >= 0.6 is 23.7 Å². The van der Waals surface area contributed by atoms with E-state index in [9.17, 15) is 0 Å². The van der Waals surface area contributed by atoms with E-state index in [4.69, 9.17) is 4.52 Å². The molecule has 0 saturated carbocycles. The normalized spacial score (nSPS) is 19.2. The lowest BCUT2D eigenvalue weighted by Crippen LogP contribution is -2.08. The van der Waals surface area contributed by atoms with E-state index in [0.29, 0.717) is 5.92 Å². The molecule has 1 aliphatic rings. The Hall–Kier alpha value is -0.910. The van der Waals surface area contributed by atoms with Crippen LogP contribution in [0.15, 0.2) is 22.0 Å². The van der Waals surface area contributed by atoms with E-state index in [1.165, 1.54) is 4.88 Å². The fourth-order valence-corrected chi connectivity index (χ4v) is 2.64. The van der Waals surface area contributed by atoms with Gasteiger partial charge in [0.25, 0.3) is 0 Å². The van der Waals surface area contributed by atoms with E-state index < -0.39 is 0 Å². The lowest BCUT2D eigenvalue weighted by atomic mass is 10.1. The molecule has 3 heterocycles. The van der Waals surface area contributed by atoms with E-state index in [-0.39, 0.29) is 12.4 Å². The predicted molar refractivity (Wildman–Crippen MR) is 68.9 cm³/mol. The van der Waals surface area contributed by atoms with E-state index in [1.54, 1.807) is 11.3 Å². The van der Waals surface area contributed by atoms with Crippen molar-refractivity contribution >= 4 is 23.7 Å². The Kier molecular flexibility index (Phi) is 4.15. The Labute approximate surface area is 110 Å². The molecule has 4 nitrogen and oxygen atoms in total. The first kappa shape index (κ1) is 12.5. The summed E-state index contributed by atoms with van der Waals surface area (Å²) in [6, 6.07) is 4.14. The Morgan fingerprint density at radius 3 is 3.18 bits per heavy atom. The molecule has 0 amide bonds. The van der Waals surface area contributed by atoms with Crippen LogP contribution in [0.2, 0.25) is 0 Å². The van der Waals surface area contributed by atoms with Crippen molar-refractivity contribution in [1.29, 1.82) is 0 Å².